The SMILES string of the molecule is CCCCC(CCCC)C(=O)[O][Sn][O]C(=O)C(CCCC)CCCC. The normalized spacial score (nSPS) is 11.1. The molecule has 0 aliphatic carbocycles. The van der Waals surface area contributed by atoms with Crippen molar-refractivity contribution in [2.75, 3.05) is 0 Å². The Morgan fingerprint density at radius 1 is 0.640 bits per heavy atom. The summed E-state index contributed by atoms with van der Waals surface area (Å²) < 4.78 is 10.8. The third kappa shape index (κ3) is 12.7. The minimum atomic E-state index is -1.86. The van der Waals surface area contributed by atoms with Crippen molar-refractivity contribution >= 4 is 33.9 Å². The Bertz CT molecular complexity index is 299. The summed E-state index contributed by atoms with van der Waals surface area (Å²) in [7, 11) is 0. The molecule has 0 rings (SSSR count). The van der Waals surface area contributed by atoms with Gasteiger partial charge in [0.2, 0.25) is 0 Å². The summed E-state index contributed by atoms with van der Waals surface area (Å²) in [6, 6.07) is 0. The molecule has 0 unspecified atom stereocenters. The van der Waals surface area contributed by atoms with E-state index in [1.807, 2.05) is 0 Å². The number of carbonyl (C=O) groups excluding carboxylic acids is 2. The third-order valence-corrected chi connectivity index (χ3v) is 6.20. The van der Waals surface area contributed by atoms with Crippen molar-refractivity contribution in [3.05, 3.63) is 0 Å². The molecule has 0 aliphatic rings. The second-order valence-corrected chi connectivity index (χ2v) is 8.53. The van der Waals surface area contributed by atoms with Crippen LogP contribution in [0.4, 0.5) is 0 Å². The first kappa shape index (κ1) is 24.7. The fourth-order valence-electron chi connectivity index (χ4n) is 2.83. The van der Waals surface area contributed by atoms with E-state index in [9.17, 15) is 9.59 Å². The van der Waals surface area contributed by atoms with Gasteiger partial charge in [0.25, 0.3) is 0 Å². The molecule has 0 aliphatic heterocycles. The van der Waals surface area contributed by atoms with Crippen molar-refractivity contribution in [3.63, 3.8) is 0 Å². The van der Waals surface area contributed by atoms with Crippen LogP contribution in [0.1, 0.15) is 105 Å². The van der Waals surface area contributed by atoms with Gasteiger partial charge in [-0.3, -0.25) is 0 Å². The summed E-state index contributed by atoms with van der Waals surface area (Å²) in [5.74, 6) is -0.314. The number of unbranched alkanes of at least 4 members (excludes halogenated alkanes) is 4. The quantitative estimate of drug-likeness (QED) is 0.281. The fourth-order valence-corrected chi connectivity index (χ4v) is 4.37. The summed E-state index contributed by atoms with van der Waals surface area (Å²) in [5.41, 5.74) is 0. The number of rotatable bonds is 16. The van der Waals surface area contributed by atoms with Crippen LogP contribution in [0.5, 0.6) is 0 Å². The number of hydrogen-bond acceptors (Lipinski definition) is 4. The Kier molecular flexibility index (Phi) is 17.0. The van der Waals surface area contributed by atoms with Gasteiger partial charge in [0, 0.05) is 0 Å². The van der Waals surface area contributed by atoms with E-state index in [0.717, 1.165) is 77.0 Å². The van der Waals surface area contributed by atoms with Gasteiger partial charge in [0.15, 0.2) is 0 Å². The van der Waals surface area contributed by atoms with E-state index in [-0.39, 0.29) is 23.8 Å². The van der Waals surface area contributed by atoms with Crippen molar-refractivity contribution in [2.45, 2.75) is 105 Å². The molecular weight excluding hydrogens is 423 g/mol. The third-order valence-electron chi connectivity index (χ3n) is 4.58. The minimum absolute atomic E-state index is 0.0181. The molecule has 0 fully saturated rings. The maximum absolute atomic E-state index is 12.3. The van der Waals surface area contributed by atoms with Gasteiger partial charge in [-0.05, 0) is 0 Å². The van der Waals surface area contributed by atoms with Crippen LogP contribution in [0, 0.1) is 11.8 Å². The van der Waals surface area contributed by atoms with Gasteiger partial charge in [-0.25, -0.2) is 0 Å². The molecule has 0 aromatic rings. The van der Waals surface area contributed by atoms with Crippen LogP contribution in [-0.2, 0) is 15.7 Å². The second kappa shape index (κ2) is 17.2. The Labute approximate surface area is 166 Å². The van der Waals surface area contributed by atoms with E-state index in [1.54, 1.807) is 0 Å². The van der Waals surface area contributed by atoms with Gasteiger partial charge in [0.05, 0.1) is 0 Å². The molecule has 0 atom stereocenters. The zero-order chi connectivity index (χ0) is 18.9. The Balaban J connectivity index is 4.31. The average molecular weight is 461 g/mol. The van der Waals surface area contributed by atoms with Crippen LogP contribution in [0.25, 0.3) is 0 Å². The Morgan fingerprint density at radius 3 is 1.16 bits per heavy atom. The molecule has 2 radical (unpaired) electrons. The predicted octanol–water partition coefficient (Wildman–Crippen LogP) is 5.60. The fraction of sp³-hybridized carbons (Fsp3) is 0.900. The van der Waals surface area contributed by atoms with E-state index in [1.165, 1.54) is 0 Å². The van der Waals surface area contributed by atoms with Crippen molar-refractivity contribution in [1.29, 1.82) is 0 Å². The topological polar surface area (TPSA) is 52.6 Å². The van der Waals surface area contributed by atoms with Gasteiger partial charge < -0.3 is 0 Å². The Morgan fingerprint density at radius 2 is 0.920 bits per heavy atom. The van der Waals surface area contributed by atoms with Gasteiger partial charge in [0.1, 0.15) is 0 Å². The molecule has 5 heteroatoms. The van der Waals surface area contributed by atoms with Crippen molar-refractivity contribution in [1.82, 2.24) is 0 Å². The van der Waals surface area contributed by atoms with E-state index in [4.69, 9.17) is 6.15 Å². The van der Waals surface area contributed by atoms with Crippen LogP contribution in [0.2, 0.25) is 0 Å². The second-order valence-electron chi connectivity index (χ2n) is 6.89. The van der Waals surface area contributed by atoms with E-state index >= 15 is 0 Å². The summed E-state index contributed by atoms with van der Waals surface area (Å²) >= 11 is -1.86. The van der Waals surface area contributed by atoms with Gasteiger partial charge >= 0.3 is 166 Å². The summed E-state index contributed by atoms with van der Waals surface area (Å²) in [6.07, 6.45) is 12.1. The standard InChI is InChI=1S/2C10H20O2.Sn/c2*1-3-5-7-9(10(11)12)8-6-4-2;/h2*9H,3-8H2,1-2H3,(H,11,12);/q;;+2/p-2. The molecule has 0 aromatic heterocycles. The molecule has 0 amide bonds. The van der Waals surface area contributed by atoms with E-state index in [2.05, 4.69) is 27.7 Å². The molecular formula is C20H38O4Sn. The number of hydrogen-bond donors (Lipinski definition) is 0. The van der Waals surface area contributed by atoms with Gasteiger partial charge in [-0.15, -0.1) is 0 Å². The van der Waals surface area contributed by atoms with Crippen LogP contribution >= 0.6 is 0 Å². The van der Waals surface area contributed by atoms with Crippen molar-refractivity contribution < 1.29 is 15.7 Å². The monoisotopic (exact) mass is 462 g/mol. The average Bonchev–Trinajstić information content (AvgIpc) is 2.61. The molecule has 0 heterocycles. The number of carbonyl (C=O) groups is 2. The maximum atomic E-state index is 12.3. The molecule has 0 spiro atoms. The molecule has 0 saturated heterocycles. The molecule has 25 heavy (non-hydrogen) atoms. The predicted molar refractivity (Wildman–Crippen MR) is 103 cm³/mol. The summed E-state index contributed by atoms with van der Waals surface area (Å²) in [5, 5.41) is 0. The van der Waals surface area contributed by atoms with Gasteiger partial charge in [-0.2, -0.15) is 0 Å². The molecule has 4 nitrogen and oxygen atoms in total. The first-order valence-electron chi connectivity index (χ1n) is 10.3. The summed E-state index contributed by atoms with van der Waals surface area (Å²) in [6.45, 7) is 8.53. The van der Waals surface area contributed by atoms with Crippen molar-refractivity contribution in [2.24, 2.45) is 11.8 Å². The van der Waals surface area contributed by atoms with Crippen LogP contribution in [0.15, 0.2) is 0 Å². The summed E-state index contributed by atoms with van der Waals surface area (Å²) in [4.78, 5) is 24.6. The zero-order valence-corrected chi connectivity index (χ0v) is 19.6. The molecule has 146 valence electrons. The molecule has 0 bridgehead atoms. The van der Waals surface area contributed by atoms with Crippen LogP contribution < -0.4 is 0 Å². The van der Waals surface area contributed by atoms with E-state index in [0.29, 0.717) is 0 Å². The van der Waals surface area contributed by atoms with Crippen LogP contribution in [-0.4, -0.2) is 33.9 Å². The van der Waals surface area contributed by atoms with Gasteiger partial charge in [-0.1, -0.05) is 0 Å². The first-order valence-corrected chi connectivity index (χ1v) is 12.6. The van der Waals surface area contributed by atoms with Crippen LogP contribution in [0.3, 0.4) is 0 Å². The zero-order valence-electron chi connectivity index (χ0n) is 16.8. The Hall–Kier alpha value is -0.261. The molecule has 0 saturated carbocycles. The molecule has 0 N–H and O–H groups in total. The van der Waals surface area contributed by atoms with Crippen molar-refractivity contribution in [3.8, 4) is 0 Å². The van der Waals surface area contributed by atoms with E-state index < -0.39 is 22.0 Å². The first-order chi connectivity index (χ1) is 12.1. The molecule has 0 aromatic carbocycles.